The lowest BCUT2D eigenvalue weighted by atomic mass is 10.2. The molecular weight excluding hydrogens is 426 g/mol. The van der Waals surface area contributed by atoms with Crippen molar-refractivity contribution in [1.82, 2.24) is 15.8 Å². The number of aromatic nitrogens is 1. The smallest absolute Gasteiger partial charge is 0.268 e. The molecular formula is C20H16BrN3O2S. The zero-order valence-electron chi connectivity index (χ0n) is 14.4. The molecule has 2 aromatic carbocycles. The maximum absolute atomic E-state index is 12.4. The number of rotatable bonds is 4. The molecule has 7 heteroatoms. The highest BCUT2D eigenvalue weighted by Gasteiger charge is 2.16. The molecule has 1 heterocycles. The second kappa shape index (κ2) is 8.75. The number of aryl methyl sites for hydroxylation is 1. The zero-order chi connectivity index (χ0) is 19.2. The van der Waals surface area contributed by atoms with Gasteiger partial charge in [-0.05, 0) is 24.6 Å². The van der Waals surface area contributed by atoms with Crippen LogP contribution in [0.25, 0.3) is 16.6 Å². The topological polar surface area (TPSA) is 71.1 Å². The molecule has 3 aromatic rings. The molecule has 0 saturated carbocycles. The number of carbonyl (C=O) groups excluding carboxylic acids is 2. The van der Waals surface area contributed by atoms with Gasteiger partial charge in [-0.25, -0.2) is 4.98 Å². The lowest BCUT2D eigenvalue weighted by Gasteiger charge is -2.04. The van der Waals surface area contributed by atoms with Crippen molar-refractivity contribution in [2.75, 3.05) is 0 Å². The highest BCUT2D eigenvalue weighted by molar-refractivity contribution is 9.10. The minimum Gasteiger partial charge on any atom is -0.268 e. The van der Waals surface area contributed by atoms with Gasteiger partial charge < -0.3 is 0 Å². The summed E-state index contributed by atoms with van der Waals surface area (Å²) in [6.07, 6.45) is 3.02. The van der Waals surface area contributed by atoms with Gasteiger partial charge in [0.2, 0.25) is 0 Å². The van der Waals surface area contributed by atoms with E-state index < -0.39 is 11.8 Å². The molecule has 136 valence electrons. The molecule has 2 amide bonds. The predicted octanol–water partition coefficient (Wildman–Crippen LogP) is 4.36. The summed E-state index contributed by atoms with van der Waals surface area (Å²) in [5.41, 5.74) is 7.24. The van der Waals surface area contributed by atoms with Crippen molar-refractivity contribution in [3.05, 3.63) is 81.3 Å². The largest absolute Gasteiger partial charge is 0.281 e. The third kappa shape index (κ3) is 4.90. The van der Waals surface area contributed by atoms with E-state index in [4.69, 9.17) is 0 Å². The third-order valence-electron chi connectivity index (χ3n) is 3.64. The first kappa shape index (κ1) is 19.0. The fourth-order valence-corrected chi connectivity index (χ4v) is 3.69. The molecule has 0 aliphatic carbocycles. The Morgan fingerprint density at radius 2 is 1.74 bits per heavy atom. The monoisotopic (exact) mass is 441 g/mol. The Morgan fingerprint density at radius 3 is 2.48 bits per heavy atom. The molecule has 27 heavy (non-hydrogen) atoms. The maximum atomic E-state index is 12.4. The van der Waals surface area contributed by atoms with Crippen LogP contribution in [0.3, 0.4) is 0 Å². The number of carbonyl (C=O) groups is 2. The van der Waals surface area contributed by atoms with Gasteiger partial charge >= 0.3 is 0 Å². The quantitative estimate of drug-likeness (QED) is 0.466. The molecule has 1 aromatic heterocycles. The predicted molar refractivity (Wildman–Crippen MR) is 111 cm³/mol. The fourth-order valence-electron chi connectivity index (χ4n) is 2.30. The first-order valence-electron chi connectivity index (χ1n) is 8.10. The summed E-state index contributed by atoms with van der Waals surface area (Å²) >= 11 is 4.70. The second-order valence-electron chi connectivity index (χ2n) is 5.60. The first-order chi connectivity index (χ1) is 13.0. The van der Waals surface area contributed by atoms with Crippen molar-refractivity contribution < 1.29 is 9.59 Å². The molecule has 0 fully saturated rings. The van der Waals surface area contributed by atoms with Crippen LogP contribution in [0.1, 0.15) is 20.9 Å². The van der Waals surface area contributed by atoms with Crippen LogP contribution in [-0.4, -0.2) is 16.8 Å². The number of halogens is 1. The van der Waals surface area contributed by atoms with Crippen LogP contribution in [0, 0.1) is 6.92 Å². The number of thiazole rings is 1. The van der Waals surface area contributed by atoms with E-state index in [9.17, 15) is 9.59 Å². The van der Waals surface area contributed by atoms with Crippen LogP contribution in [0.15, 0.2) is 65.1 Å². The molecule has 0 saturated heterocycles. The number of nitrogens with one attached hydrogen (secondary N) is 2. The summed E-state index contributed by atoms with van der Waals surface area (Å²) in [7, 11) is 0. The summed E-state index contributed by atoms with van der Waals surface area (Å²) in [5, 5.41) is 0.762. The molecule has 0 spiro atoms. The van der Waals surface area contributed by atoms with E-state index in [2.05, 4.69) is 31.8 Å². The average Bonchev–Trinajstić information content (AvgIpc) is 3.08. The number of hydrogen-bond donors (Lipinski definition) is 2. The minimum absolute atomic E-state index is 0.394. The Labute approximate surface area is 169 Å². The number of benzene rings is 2. The summed E-state index contributed by atoms with van der Waals surface area (Å²) in [6.45, 7) is 1.77. The number of nitrogens with zero attached hydrogens (tertiary/aromatic N) is 1. The van der Waals surface area contributed by atoms with Gasteiger partial charge in [-0.15, -0.1) is 11.3 Å². The highest BCUT2D eigenvalue weighted by atomic mass is 79.9. The van der Waals surface area contributed by atoms with Crippen LogP contribution in [-0.2, 0) is 4.79 Å². The number of hydrogen-bond acceptors (Lipinski definition) is 4. The van der Waals surface area contributed by atoms with E-state index >= 15 is 0 Å². The first-order valence-corrected chi connectivity index (χ1v) is 9.71. The molecule has 5 nitrogen and oxygen atoms in total. The van der Waals surface area contributed by atoms with E-state index in [-0.39, 0.29) is 0 Å². The molecule has 0 radical (unpaired) electrons. The minimum atomic E-state index is -0.426. The van der Waals surface area contributed by atoms with Crippen molar-refractivity contribution in [3.63, 3.8) is 0 Å². The summed E-state index contributed by atoms with van der Waals surface area (Å²) in [5.74, 6) is -0.820. The summed E-state index contributed by atoms with van der Waals surface area (Å²) in [6, 6.07) is 17.2. The molecule has 0 atom stereocenters. The summed E-state index contributed by atoms with van der Waals surface area (Å²) in [4.78, 5) is 29.2. The van der Waals surface area contributed by atoms with E-state index in [0.717, 1.165) is 20.6 Å². The Hall–Kier alpha value is -2.77. The Kier molecular flexibility index (Phi) is 6.16. The van der Waals surface area contributed by atoms with Crippen LogP contribution in [0.2, 0.25) is 0 Å². The lowest BCUT2D eigenvalue weighted by Crippen LogP contribution is -2.40. The molecule has 0 aliphatic rings. The van der Waals surface area contributed by atoms with Crippen LogP contribution >= 0.6 is 27.3 Å². The van der Waals surface area contributed by atoms with Crippen molar-refractivity contribution in [2.24, 2.45) is 0 Å². The highest BCUT2D eigenvalue weighted by Crippen LogP contribution is 2.27. The van der Waals surface area contributed by atoms with Gasteiger partial charge in [-0.3, -0.25) is 20.4 Å². The van der Waals surface area contributed by atoms with Gasteiger partial charge in [0.05, 0.1) is 5.69 Å². The van der Waals surface area contributed by atoms with Gasteiger partial charge in [-0.1, -0.05) is 64.5 Å². The normalized spacial score (nSPS) is 10.7. The number of amides is 2. The van der Waals surface area contributed by atoms with Crippen LogP contribution < -0.4 is 10.9 Å². The Morgan fingerprint density at radius 1 is 1.04 bits per heavy atom. The lowest BCUT2D eigenvalue weighted by molar-refractivity contribution is -0.117. The maximum Gasteiger partial charge on any atom is 0.281 e. The van der Waals surface area contributed by atoms with Crippen molar-refractivity contribution in [1.29, 1.82) is 0 Å². The van der Waals surface area contributed by atoms with Crippen molar-refractivity contribution >= 4 is 45.2 Å². The molecule has 0 unspecified atom stereocenters. The Bertz CT molecular complexity index is 999. The van der Waals surface area contributed by atoms with Crippen LogP contribution in [0.5, 0.6) is 0 Å². The number of hydrazine groups is 1. The van der Waals surface area contributed by atoms with Crippen molar-refractivity contribution in [3.8, 4) is 10.6 Å². The van der Waals surface area contributed by atoms with Gasteiger partial charge in [0.25, 0.3) is 11.8 Å². The molecule has 0 aliphatic heterocycles. The van der Waals surface area contributed by atoms with Gasteiger partial charge in [0, 0.05) is 16.1 Å². The standard InChI is InChI=1S/C20H16BrN3O2S/c1-13-18(27-20(22-13)15-8-3-2-4-9-15)19(26)24-23-17(25)12-11-14-7-5-6-10-16(14)21/h2-12H,1H3,(H,23,25)(H,24,26)/b12-11+. The zero-order valence-corrected chi connectivity index (χ0v) is 16.8. The third-order valence-corrected chi connectivity index (χ3v) is 5.57. The van der Waals surface area contributed by atoms with E-state index in [0.29, 0.717) is 10.6 Å². The Balaban J connectivity index is 1.62. The van der Waals surface area contributed by atoms with Gasteiger partial charge in [0.15, 0.2) is 0 Å². The summed E-state index contributed by atoms with van der Waals surface area (Å²) < 4.78 is 0.881. The molecule has 3 rings (SSSR count). The van der Waals surface area contributed by atoms with E-state index in [1.54, 1.807) is 13.0 Å². The fraction of sp³-hybridized carbons (Fsp3) is 0.0500. The second-order valence-corrected chi connectivity index (χ2v) is 7.45. The molecule has 0 bridgehead atoms. The average molecular weight is 442 g/mol. The molecule has 2 N–H and O–H groups in total. The van der Waals surface area contributed by atoms with Gasteiger partial charge in [0.1, 0.15) is 9.88 Å². The van der Waals surface area contributed by atoms with Crippen molar-refractivity contribution in [2.45, 2.75) is 6.92 Å². The van der Waals surface area contributed by atoms with E-state index in [1.807, 2.05) is 54.6 Å². The van der Waals surface area contributed by atoms with Crippen LogP contribution in [0.4, 0.5) is 0 Å². The van der Waals surface area contributed by atoms with Gasteiger partial charge in [-0.2, -0.15) is 0 Å². The SMILES string of the molecule is Cc1nc(-c2ccccc2)sc1C(=O)NNC(=O)/C=C/c1ccccc1Br. The van der Waals surface area contributed by atoms with E-state index in [1.165, 1.54) is 17.4 Å².